The zero-order valence-electron chi connectivity index (χ0n) is 9.24. The predicted molar refractivity (Wildman–Crippen MR) is 70.9 cm³/mol. The second kappa shape index (κ2) is 4.20. The summed E-state index contributed by atoms with van der Waals surface area (Å²) in [5.41, 5.74) is 0.546. The van der Waals surface area contributed by atoms with Crippen molar-refractivity contribution in [3.63, 3.8) is 0 Å². The van der Waals surface area contributed by atoms with E-state index in [2.05, 4.69) is 22.6 Å². The minimum Gasteiger partial charge on any atom is -0.492 e. The number of rotatable bonds is 1. The smallest absolute Gasteiger partial charge is 0.168 e. The Labute approximate surface area is 109 Å². The van der Waals surface area contributed by atoms with Gasteiger partial charge in [0.15, 0.2) is 5.78 Å². The van der Waals surface area contributed by atoms with Gasteiger partial charge in [-0.1, -0.05) is 12.1 Å². The zero-order valence-corrected chi connectivity index (χ0v) is 11.4. The number of halogens is 1. The van der Waals surface area contributed by atoms with Gasteiger partial charge >= 0.3 is 0 Å². The molecular formula is C13H13IO2. The molecule has 2 nitrogen and oxygen atoms in total. The Morgan fingerprint density at radius 2 is 1.88 bits per heavy atom. The van der Waals surface area contributed by atoms with Crippen LogP contribution in [0.2, 0.25) is 0 Å². The molecule has 1 aromatic carbocycles. The Hall–Kier alpha value is -0.840. The van der Waals surface area contributed by atoms with Gasteiger partial charge in [-0.05, 0) is 54.1 Å². The molecule has 84 valence electrons. The third-order valence-electron chi connectivity index (χ3n) is 2.90. The van der Waals surface area contributed by atoms with Crippen molar-refractivity contribution < 1.29 is 9.53 Å². The van der Waals surface area contributed by atoms with Gasteiger partial charge in [0.1, 0.15) is 6.10 Å². The van der Waals surface area contributed by atoms with Crippen LogP contribution >= 0.6 is 22.6 Å². The Morgan fingerprint density at radius 1 is 1.25 bits per heavy atom. The van der Waals surface area contributed by atoms with E-state index < -0.39 is 5.41 Å². The summed E-state index contributed by atoms with van der Waals surface area (Å²) in [7, 11) is 0. The molecule has 0 bridgehead atoms. The molecule has 0 aromatic heterocycles. The number of carbonyl (C=O) groups is 1. The van der Waals surface area contributed by atoms with Crippen LogP contribution in [0.3, 0.4) is 0 Å². The number of carbonyl (C=O) groups excluding carboxylic acids is 1. The van der Waals surface area contributed by atoms with Crippen LogP contribution in [0.1, 0.15) is 25.5 Å². The summed E-state index contributed by atoms with van der Waals surface area (Å²) in [6.45, 7) is 3.84. The SMILES string of the molecule is CC1(C)C(=O)C=CO[C@@H]1c1ccc(I)cc1. The highest BCUT2D eigenvalue weighted by atomic mass is 127. The van der Waals surface area contributed by atoms with Crippen LogP contribution in [-0.4, -0.2) is 5.78 Å². The van der Waals surface area contributed by atoms with Gasteiger partial charge < -0.3 is 4.74 Å². The van der Waals surface area contributed by atoms with Gasteiger partial charge in [-0.15, -0.1) is 0 Å². The molecule has 0 aliphatic carbocycles. The third-order valence-corrected chi connectivity index (χ3v) is 3.62. The molecular weight excluding hydrogens is 315 g/mol. The fourth-order valence-electron chi connectivity index (χ4n) is 1.83. The lowest BCUT2D eigenvalue weighted by Gasteiger charge is -2.34. The number of hydrogen-bond acceptors (Lipinski definition) is 2. The van der Waals surface area contributed by atoms with Crippen molar-refractivity contribution in [3.8, 4) is 0 Å². The highest BCUT2D eigenvalue weighted by Crippen LogP contribution is 2.40. The normalized spacial score (nSPS) is 22.9. The molecule has 0 amide bonds. The van der Waals surface area contributed by atoms with Crippen molar-refractivity contribution in [1.82, 2.24) is 0 Å². The van der Waals surface area contributed by atoms with Crippen molar-refractivity contribution in [1.29, 1.82) is 0 Å². The van der Waals surface area contributed by atoms with Gasteiger partial charge in [0.05, 0.1) is 11.7 Å². The summed E-state index contributed by atoms with van der Waals surface area (Å²) in [6, 6.07) is 8.08. The maximum Gasteiger partial charge on any atom is 0.168 e. The standard InChI is InChI=1S/C13H13IO2/c1-13(2)11(15)7-8-16-12(13)9-3-5-10(14)6-4-9/h3-8,12H,1-2H3/t12-/m1/s1. The molecule has 1 aromatic rings. The molecule has 0 unspecified atom stereocenters. The predicted octanol–water partition coefficient (Wildman–Crippen LogP) is 3.47. The summed E-state index contributed by atoms with van der Waals surface area (Å²) < 4.78 is 6.76. The molecule has 0 spiro atoms. The summed E-state index contributed by atoms with van der Waals surface area (Å²) in [6.07, 6.45) is 2.81. The van der Waals surface area contributed by atoms with E-state index >= 15 is 0 Å². The van der Waals surface area contributed by atoms with Crippen LogP contribution in [0.25, 0.3) is 0 Å². The monoisotopic (exact) mass is 328 g/mol. The van der Waals surface area contributed by atoms with Gasteiger partial charge in [-0.3, -0.25) is 4.79 Å². The molecule has 16 heavy (non-hydrogen) atoms. The van der Waals surface area contributed by atoms with E-state index in [4.69, 9.17) is 4.74 Å². The lowest BCUT2D eigenvalue weighted by Crippen LogP contribution is -2.33. The van der Waals surface area contributed by atoms with E-state index in [1.165, 1.54) is 15.9 Å². The first-order valence-electron chi connectivity index (χ1n) is 5.14. The van der Waals surface area contributed by atoms with E-state index in [1.54, 1.807) is 0 Å². The molecule has 1 heterocycles. The fourth-order valence-corrected chi connectivity index (χ4v) is 2.19. The summed E-state index contributed by atoms with van der Waals surface area (Å²) >= 11 is 2.26. The Balaban J connectivity index is 2.37. The second-order valence-electron chi connectivity index (χ2n) is 4.46. The van der Waals surface area contributed by atoms with Crippen LogP contribution in [0.4, 0.5) is 0 Å². The first kappa shape index (κ1) is 11.6. The number of ether oxygens (including phenoxy) is 1. The fraction of sp³-hybridized carbons (Fsp3) is 0.308. The number of hydrogen-bond donors (Lipinski definition) is 0. The lowest BCUT2D eigenvalue weighted by molar-refractivity contribution is -0.131. The first-order chi connectivity index (χ1) is 7.51. The maximum atomic E-state index is 11.8. The van der Waals surface area contributed by atoms with Crippen molar-refractivity contribution >= 4 is 28.4 Å². The van der Waals surface area contributed by atoms with E-state index in [9.17, 15) is 4.79 Å². The number of ketones is 1. The molecule has 3 heteroatoms. The van der Waals surface area contributed by atoms with E-state index in [0.29, 0.717) is 0 Å². The highest BCUT2D eigenvalue weighted by molar-refractivity contribution is 14.1. The van der Waals surface area contributed by atoms with Crippen molar-refractivity contribution in [2.45, 2.75) is 20.0 Å². The zero-order chi connectivity index (χ0) is 11.8. The van der Waals surface area contributed by atoms with Gasteiger partial charge in [-0.25, -0.2) is 0 Å². The molecule has 0 saturated heterocycles. The summed E-state index contributed by atoms with van der Waals surface area (Å²) in [5.74, 6) is 0.113. The topological polar surface area (TPSA) is 26.3 Å². The quantitative estimate of drug-likeness (QED) is 0.738. The molecule has 1 atom stereocenters. The number of benzene rings is 1. The van der Waals surface area contributed by atoms with Crippen LogP contribution in [0.15, 0.2) is 36.6 Å². The summed E-state index contributed by atoms with van der Waals surface area (Å²) in [4.78, 5) is 11.8. The Bertz CT molecular complexity index is 432. The van der Waals surface area contributed by atoms with Crippen molar-refractivity contribution in [2.75, 3.05) is 0 Å². The molecule has 2 rings (SSSR count). The van der Waals surface area contributed by atoms with Crippen LogP contribution in [-0.2, 0) is 9.53 Å². The molecule has 0 saturated carbocycles. The van der Waals surface area contributed by atoms with Crippen molar-refractivity contribution in [3.05, 3.63) is 45.7 Å². The Kier molecular flexibility index (Phi) is 3.06. The molecule has 0 fully saturated rings. The van der Waals surface area contributed by atoms with Crippen LogP contribution in [0, 0.1) is 8.99 Å². The van der Waals surface area contributed by atoms with Crippen LogP contribution < -0.4 is 0 Å². The largest absolute Gasteiger partial charge is 0.492 e. The van der Waals surface area contributed by atoms with Crippen molar-refractivity contribution in [2.24, 2.45) is 5.41 Å². The number of allylic oxidation sites excluding steroid dienone is 1. The minimum absolute atomic E-state index is 0.113. The Morgan fingerprint density at radius 3 is 2.50 bits per heavy atom. The maximum absolute atomic E-state index is 11.8. The third kappa shape index (κ3) is 2.00. The minimum atomic E-state index is -0.498. The van der Waals surface area contributed by atoms with Gasteiger partial charge in [-0.2, -0.15) is 0 Å². The molecule has 1 aliphatic rings. The lowest BCUT2D eigenvalue weighted by atomic mass is 9.78. The van der Waals surface area contributed by atoms with Crippen LogP contribution in [0.5, 0.6) is 0 Å². The summed E-state index contributed by atoms with van der Waals surface area (Å²) in [5, 5.41) is 0. The van der Waals surface area contributed by atoms with Gasteiger partial charge in [0.25, 0.3) is 0 Å². The average molecular weight is 328 g/mol. The van der Waals surface area contributed by atoms with Gasteiger partial charge in [0.2, 0.25) is 0 Å². The highest BCUT2D eigenvalue weighted by Gasteiger charge is 2.39. The average Bonchev–Trinajstić information content (AvgIpc) is 2.24. The van der Waals surface area contributed by atoms with E-state index in [-0.39, 0.29) is 11.9 Å². The molecule has 1 aliphatic heterocycles. The first-order valence-corrected chi connectivity index (χ1v) is 6.21. The van der Waals surface area contributed by atoms with E-state index in [0.717, 1.165) is 5.56 Å². The second-order valence-corrected chi connectivity index (χ2v) is 5.70. The van der Waals surface area contributed by atoms with E-state index in [1.807, 2.05) is 38.1 Å². The van der Waals surface area contributed by atoms with Gasteiger partial charge in [0, 0.05) is 9.65 Å². The molecule has 0 radical (unpaired) electrons. The molecule has 0 N–H and O–H groups in total.